The predicted molar refractivity (Wildman–Crippen MR) is 129 cm³/mol. The molecule has 0 aliphatic carbocycles. The Balaban J connectivity index is 1.38. The summed E-state index contributed by atoms with van der Waals surface area (Å²) in [6, 6.07) is 13.5. The number of hydrogen-bond acceptors (Lipinski definition) is 6. The van der Waals surface area contributed by atoms with Gasteiger partial charge in [-0.3, -0.25) is 9.78 Å². The fourth-order valence-corrected chi connectivity index (χ4v) is 3.63. The van der Waals surface area contributed by atoms with Crippen molar-refractivity contribution in [2.24, 2.45) is 0 Å². The number of imidazole rings is 1. The molecule has 2 aromatic carbocycles. The van der Waals surface area contributed by atoms with Gasteiger partial charge in [0, 0.05) is 24.4 Å². The van der Waals surface area contributed by atoms with Crippen molar-refractivity contribution >= 4 is 23.2 Å². The van der Waals surface area contributed by atoms with E-state index >= 15 is 0 Å². The number of halogens is 4. The summed E-state index contributed by atoms with van der Waals surface area (Å²) in [5.74, 6) is 0.821. The first-order chi connectivity index (χ1) is 17.6. The van der Waals surface area contributed by atoms with Gasteiger partial charge in [0.1, 0.15) is 17.2 Å². The predicted octanol–water partition coefficient (Wildman–Crippen LogP) is 5.49. The molecule has 0 spiro atoms. The molecule has 2 aromatic heterocycles. The number of benzene rings is 2. The molecule has 0 aliphatic heterocycles. The number of pyridine rings is 1. The Morgan fingerprint density at radius 2 is 1.86 bits per heavy atom. The summed E-state index contributed by atoms with van der Waals surface area (Å²) in [6.45, 7) is 0. The van der Waals surface area contributed by atoms with Gasteiger partial charge in [-0.2, -0.15) is 13.2 Å². The highest BCUT2D eigenvalue weighted by Gasteiger charge is 2.33. The maximum Gasteiger partial charge on any atom is 0.417 e. The van der Waals surface area contributed by atoms with Crippen molar-refractivity contribution in [1.29, 1.82) is 0 Å². The van der Waals surface area contributed by atoms with E-state index in [9.17, 15) is 28.2 Å². The van der Waals surface area contributed by atoms with E-state index in [2.05, 4.69) is 20.3 Å². The van der Waals surface area contributed by atoms with E-state index in [0.29, 0.717) is 29.4 Å². The highest BCUT2D eigenvalue weighted by molar-refractivity contribution is 6.31. The maximum absolute atomic E-state index is 13.0. The Labute approximate surface area is 213 Å². The second-order valence-corrected chi connectivity index (χ2v) is 8.33. The summed E-state index contributed by atoms with van der Waals surface area (Å²) in [6.07, 6.45) is -3.16. The number of anilines is 1. The molecule has 4 N–H and O–H groups in total. The number of nitrogens with one attached hydrogen (secondary N) is 2. The number of carbonyl (C=O) groups is 1. The number of aliphatic hydroxyl groups excluding tert-OH is 1. The number of carbonyl (C=O) groups excluding carboxylic acids is 1. The second kappa shape index (κ2) is 11.0. The molecule has 1 amide bonds. The van der Waals surface area contributed by atoms with Gasteiger partial charge in [-0.15, -0.1) is 0 Å². The summed E-state index contributed by atoms with van der Waals surface area (Å²) < 4.78 is 45.0. The van der Waals surface area contributed by atoms with Gasteiger partial charge in [-0.05, 0) is 48.4 Å². The zero-order valence-electron chi connectivity index (χ0n) is 19.0. The first-order valence-electron chi connectivity index (χ1n) is 10.9. The third-order valence-corrected chi connectivity index (χ3v) is 5.51. The van der Waals surface area contributed by atoms with Crippen LogP contribution in [0.4, 0.5) is 18.9 Å². The fourth-order valence-electron chi connectivity index (χ4n) is 3.40. The lowest BCUT2D eigenvalue weighted by Gasteiger charge is -2.12. The van der Waals surface area contributed by atoms with Crippen LogP contribution in [0.5, 0.6) is 11.5 Å². The Hall–Kier alpha value is -3.93. The van der Waals surface area contributed by atoms with E-state index in [1.807, 2.05) is 0 Å². The molecular weight excluding hydrogens is 513 g/mol. The molecule has 12 heteroatoms. The minimum absolute atomic E-state index is 0.00414. The first kappa shape index (κ1) is 26.1. The number of rotatable bonds is 8. The third-order valence-electron chi connectivity index (χ3n) is 5.18. The molecule has 0 saturated heterocycles. The number of alkyl halides is 3. The molecule has 8 nitrogen and oxygen atoms in total. The van der Waals surface area contributed by atoms with E-state index in [-0.39, 0.29) is 17.8 Å². The largest absolute Gasteiger partial charge is 0.457 e. The summed E-state index contributed by atoms with van der Waals surface area (Å²) in [5.41, 5.74) is 0.311. The van der Waals surface area contributed by atoms with Gasteiger partial charge >= 0.3 is 6.18 Å². The minimum atomic E-state index is -4.63. The van der Waals surface area contributed by atoms with Crippen LogP contribution in [0, 0.1) is 0 Å². The zero-order chi connectivity index (χ0) is 26.6. The van der Waals surface area contributed by atoms with Crippen molar-refractivity contribution in [3.63, 3.8) is 0 Å². The van der Waals surface area contributed by atoms with Crippen LogP contribution in [-0.2, 0) is 17.4 Å². The zero-order valence-corrected chi connectivity index (χ0v) is 19.7. The summed E-state index contributed by atoms with van der Waals surface area (Å²) in [4.78, 5) is 23.3. The van der Waals surface area contributed by atoms with E-state index in [0.717, 1.165) is 17.7 Å². The summed E-state index contributed by atoms with van der Waals surface area (Å²) in [7, 11) is 0. The smallest absolute Gasteiger partial charge is 0.417 e. The number of hydrogen-bond donors (Lipinski definition) is 4. The lowest BCUT2D eigenvalue weighted by molar-refractivity contribution is -0.137. The number of H-pyrrole nitrogens is 1. The number of amides is 1. The Morgan fingerprint density at radius 1 is 1.08 bits per heavy atom. The van der Waals surface area contributed by atoms with Crippen LogP contribution < -0.4 is 10.1 Å². The fraction of sp³-hybridized carbons (Fsp3) is 0.160. The van der Waals surface area contributed by atoms with Gasteiger partial charge in [0.05, 0.1) is 22.5 Å². The average Bonchev–Trinajstić information content (AvgIpc) is 3.35. The van der Waals surface area contributed by atoms with E-state index in [1.165, 1.54) is 18.5 Å². The maximum atomic E-state index is 13.0. The van der Waals surface area contributed by atoms with Crippen LogP contribution in [0.1, 0.15) is 29.5 Å². The van der Waals surface area contributed by atoms with Crippen LogP contribution in [0.3, 0.4) is 0 Å². The Morgan fingerprint density at radius 3 is 2.59 bits per heavy atom. The molecule has 37 heavy (non-hydrogen) atoms. The molecule has 0 atom stereocenters. The lowest BCUT2D eigenvalue weighted by Crippen LogP contribution is -2.14. The van der Waals surface area contributed by atoms with E-state index in [4.69, 9.17) is 16.3 Å². The molecule has 0 bridgehead atoms. The van der Waals surface area contributed by atoms with Crippen LogP contribution in [-0.4, -0.2) is 31.1 Å². The quantitative estimate of drug-likeness (QED) is 0.223. The monoisotopic (exact) mass is 532 g/mol. The number of ether oxygens (including phenoxy) is 1. The van der Waals surface area contributed by atoms with Gasteiger partial charge < -0.3 is 25.3 Å². The molecule has 0 aliphatic rings. The second-order valence-electron chi connectivity index (χ2n) is 7.93. The SMILES string of the molecule is O=C(CCc1cccc(Oc2ccnc(-c3ncc(C(O)O)[nH]3)c2)c1)Nc1ccc(Cl)c(C(F)(F)F)c1. The van der Waals surface area contributed by atoms with Crippen LogP contribution >= 0.6 is 11.6 Å². The molecule has 4 rings (SSSR count). The molecule has 192 valence electrons. The van der Waals surface area contributed by atoms with Gasteiger partial charge in [-0.1, -0.05) is 23.7 Å². The van der Waals surface area contributed by atoms with Crippen molar-refractivity contribution in [3.05, 3.63) is 88.8 Å². The molecule has 0 unspecified atom stereocenters. The highest BCUT2D eigenvalue weighted by atomic mass is 35.5. The van der Waals surface area contributed by atoms with Gasteiger partial charge in [0.15, 0.2) is 12.1 Å². The van der Waals surface area contributed by atoms with Gasteiger partial charge in [0.2, 0.25) is 5.91 Å². The number of aryl methyl sites for hydroxylation is 1. The lowest BCUT2D eigenvalue weighted by atomic mass is 10.1. The number of nitrogens with zero attached hydrogens (tertiary/aromatic N) is 2. The molecule has 0 saturated carbocycles. The van der Waals surface area contributed by atoms with Crippen LogP contribution in [0.25, 0.3) is 11.5 Å². The average molecular weight is 533 g/mol. The van der Waals surface area contributed by atoms with Crippen LogP contribution in [0.15, 0.2) is 67.0 Å². The van der Waals surface area contributed by atoms with Crippen molar-refractivity contribution in [3.8, 4) is 23.0 Å². The Bertz CT molecular complexity index is 1410. The first-order valence-corrected chi connectivity index (χ1v) is 11.3. The molecule has 0 radical (unpaired) electrons. The minimum Gasteiger partial charge on any atom is -0.457 e. The normalized spacial score (nSPS) is 11.5. The van der Waals surface area contributed by atoms with Crippen molar-refractivity contribution < 1.29 is 32.9 Å². The standard InChI is InChI=1S/C25H20ClF3N4O4/c26-19-6-5-15(11-18(19)25(27,28)29)32-22(34)7-4-14-2-1-3-16(10-14)37-17-8-9-30-20(12-17)23-31-13-21(33-23)24(35)36/h1-3,5-6,8-13,24,35-36H,4,7H2,(H,31,33)(H,32,34). The van der Waals surface area contributed by atoms with Crippen LogP contribution in [0.2, 0.25) is 5.02 Å². The van der Waals surface area contributed by atoms with Crippen molar-refractivity contribution in [1.82, 2.24) is 15.0 Å². The number of aromatic nitrogens is 3. The topological polar surface area (TPSA) is 120 Å². The van der Waals surface area contributed by atoms with Crippen molar-refractivity contribution in [2.75, 3.05) is 5.32 Å². The summed E-state index contributed by atoms with van der Waals surface area (Å²) >= 11 is 5.61. The van der Waals surface area contributed by atoms with Gasteiger partial charge in [-0.25, -0.2) is 4.98 Å². The number of aromatic amines is 1. The highest BCUT2D eigenvalue weighted by Crippen LogP contribution is 2.36. The molecular formula is C25H20ClF3N4O4. The summed E-state index contributed by atoms with van der Waals surface area (Å²) in [5, 5.41) is 20.5. The Kier molecular flexibility index (Phi) is 7.77. The van der Waals surface area contributed by atoms with E-state index < -0.39 is 29.0 Å². The third kappa shape index (κ3) is 6.85. The van der Waals surface area contributed by atoms with Crippen molar-refractivity contribution in [2.45, 2.75) is 25.3 Å². The van der Waals surface area contributed by atoms with E-state index in [1.54, 1.807) is 36.4 Å². The molecule has 0 fully saturated rings. The number of aliphatic hydroxyl groups is 2. The molecule has 2 heterocycles. The molecule has 4 aromatic rings. The van der Waals surface area contributed by atoms with Gasteiger partial charge in [0.25, 0.3) is 0 Å².